The molecule has 0 aliphatic rings. The number of nitrogens with zero attached hydrogens (tertiary/aromatic N) is 1. The summed E-state index contributed by atoms with van der Waals surface area (Å²) in [6, 6.07) is 5.11. The second kappa shape index (κ2) is 4.85. The molecule has 2 aromatic rings. The lowest BCUT2D eigenvalue weighted by Gasteiger charge is -2.06. The largest absolute Gasteiger partial charge is 0.362 e. The number of anilines is 1. The van der Waals surface area contributed by atoms with Crippen LogP contribution in [0.25, 0.3) is 10.2 Å². The average Bonchev–Trinajstić information content (AvgIpc) is 2.70. The summed E-state index contributed by atoms with van der Waals surface area (Å²) in [5.41, 5.74) is 0.832. The highest BCUT2D eigenvalue weighted by Gasteiger charge is 2.19. The Morgan fingerprint density at radius 2 is 2.11 bits per heavy atom. The van der Waals surface area contributed by atoms with Crippen molar-refractivity contribution in [2.24, 2.45) is 0 Å². The van der Waals surface area contributed by atoms with Crippen molar-refractivity contribution in [3.05, 3.63) is 18.2 Å². The number of nitrogens with one attached hydrogen (secondary N) is 1. The summed E-state index contributed by atoms with van der Waals surface area (Å²) in [4.78, 5) is 4.76. The third kappa shape index (κ3) is 2.35. The van der Waals surface area contributed by atoms with E-state index in [1.54, 1.807) is 32.0 Å². The van der Waals surface area contributed by atoms with Gasteiger partial charge in [-0.2, -0.15) is 0 Å². The Labute approximate surface area is 111 Å². The number of rotatable bonds is 4. The maximum Gasteiger partial charge on any atom is 0.183 e. The van der Waals surface area contributed by atoms with Crippen LogP contribution in [0.4, 0.5) is 5.13 Å². The highest BCUT2D eigenvalue weighted by atomic mass is 32.2. The van der Waals surface area contributed by atoms with E-state index in [0.29, 0.717) is 4.90 Å². The van der Waals surface area contributed by atoms with E-state index in [-0.39, 0.29) is 0 Å². The molecular weight excluding hydrogens is 268 g/mol. The van der Waals surface area contributed by atoms with E-state index >= 15 is 0 Å². The number of benzene rings is 1. The Hall–Kier alpha value is -1.14. The van der Waals surface area contributed by atoms with Gasteiger partial charge in [0.05, 0.1) is 20.4 Å². The summed E-state index contributed by atoms with van der Waals surface area (Å²) in [7, 11) is -3.21. The van der Waals surface area contributed by atoms with E-state index in [2.05, 4.69) is 10.3 Å². The van der Waals surface area contributed by atoms with Crippen LogP contribution in [0.15, 0.2) is 23.1 Å². The van der Waals surface area contributed by atoms with Crippen molar-refractivity contribution in [3.8, 4) is 0 Å². The van der Waals surface area contributed by atoms with Crippen molar-refractivity contribution in [2.75, 3.05) is 11.9 Å². The summed E-state index contributed by atoms with van der Waals surface area (Å²) >= 11 is 1.48. The predicted octanol–water partition coefficient (Wildman–Crippen LogP) is 2.91. The van der Waals surface area contributed by atoms with Crippen molar-refractivity contribution in [1.29, 1.82) is 0 Å². The SMILES string of the molecule is CCNc1nc2ccc(S(=O)(=O)C(C)C)cc2s1. The second-order valence-electron chi connectivity index (χ2n) is 4.27. The number of fused-ring (bicyclic) bond motifs is 1. The van der Waals surface area contributed by atoms with E-state index in [1.807, 2.05) is 6.92 Å². The first-order chi connectivity index (χ1) is 8.45. The zero-order valence-corrected chi connectivity index (χ0v) is 12.2. The first kappa shape index (κ1) is 13.3. The molecule has 18 heavy (non-hydrogen) atoms. The molecule has 2 rings (SSSR count). The molecule has 1 aromatic carbocycles. The average molecular weight is 284 g/mol. The minimum absolute atomic E-state index is 0.372. The third-order valence-corrected chi connectivity index (χ3v) is 5.77. The lowest BCUT2D eigenvalue weighted by molar-refractivity contribution is 0.587. The Balaban J connectivity index is 2.50. The topological polar surface area (TPSA) is 59.1 Å². The van der Waals surface area contributed by atoms with Gasteiger partial charge in [0.1, 0.15) is 0 Å². The minimum atomic E-state index is -3.21. The van der Waals surface area contributed by atoms with E-state index in [1.165, 1.54) is 11.3 Å². The highest BCUT2D eigenvalue weighted by molar-refractivity contribution is 7.92. The van der Waals surface area contributed by atoms with Gasteiger partial charge >= 0.3 is 0 Å². The summed E-state index contributed by atoms with van der Waals surface area (Å²) in [5, 5.41) is 3.56. The predicted molar refractivity (Wildman–Crippen MR) is 76.1 cm³/mol. The van der Waals surface area contributed by atoms with Gasteiger partial charge in [-0.25, -0.2) is 13.4 Å². The third-order valence-electron chi connectivity index (χ3n) is 2.64. The Morgan fingerprint density at radius 1 is 1.39 bits per heavy atom. The van der Waals surface area contributed by atoms with Crippen LogP contribution in [0, 0.1) is 0 Å². The highest BCUT2D eigenvalue weighted by Crippen LogP contribution is 2.29. The standard InChI is InChI=1S/C12H16N2O2S2/c1-4-13-12-14-10-6-5-9(7-11(10)17-12)18(15,16)8(2)3/h5-8H,4H2,1-3H3,(H,13,14). The zero-order valence-electron chi connectivity index (χ0n) is 10.6. The molecule has 98 valence electrons. The lowest BCUT2D eigenvalue weighted by Crippen LogP contribution is -2.13. The fraction of sp³-hybridized carbons (Fsp3) is 0.417. The van der Waals surface area contributed by atoms with Gasteiger partial charge in [0.2, 0.25) is 0 Å². The monoisotopic (exact) mass is 284 g/mol. The van der Waals surface area contributed by atoms with Crippen LogP contribution >= 0.6 is 11.3 Å². The summed E-state index contributed by atoms with van der Waals surface area (Å²) in [5.74, 6) is 0. The molecule has 1 N–H and O–H groups in total. The molecule has 1 heterocycles. The van der Waals surface area contributed by atoms with E-state index in [9.17, 15) is 8.42 Å². The van der Waals surface area contributed by atoms with Crippen LogP contribution < -0.4 is 5.32 Å². The van der Waals surface area contributed by atoms with Gasteiger partial charge in [-0.15, -0.1) is 0 Å². The van der Waals surface area contributed by atoms with Gasteiger partial charge in [0.15, 0.2) is 15.0 Å². The van der Waals surface area contributed by atoms with Gasteiger partial charge in [-0.05, 0) is 39.0 Å². The number of hydrogen-bond donors (Lipinski definition) is 1. The van der Waals surface area contributed by atoms with Gasteiger partial charge in [-0.1, -0.05) is 11.3 Å². The van der Waals surface area contributed by atoms with Crippen molar-refractivity contribution in [3.63, 3.8) is 0 Å². The smallest absolute Gasteiger partial charge is 0.183 e. The minimum Gasteiger partial charge on any atom is -0.362 e. The van der Waals surface area contributed by atoms with Crippen LogP contribution in [-0.4, -0.2) is 25.2 Å². The number of thiazole rings is 1. The molecular formula is C12H16N2O2S2. The maximum atomic E-state index is 12.1. The Morgan fingerprint density at radius 3 is 2.72 bits per heavy atom. The molecule has 0 saturated heterocycles. The zero-order chi connectivity index (χ0) is 13.3. The Bertz CT molecular complexity index is 660. The molecule has 0 atom stereocenters. The molecule has 1 aromatic heterocycles. The molecule has 0 amide bonds. The van der Waals surface area contributed by atoms with Crippen LogP contribution in [0.1, 0.15) is 20.8 Å². The van der Waals surface area contributed by atoms with Crippen LogP contribution in [0.5, 0.6) is 0 Å². The van der Waals surface area contributed by atoms with E-state index in [4.69, 9.17) is 0 Å². The molecule has 6 heteroatoms. The molecule has 0 aliphatic carbocycles. The molecule has 0 saturated carbocycles. The van der Waals surface area contributed by atoms with Gasteiger partial charge in [0.25, 0.3) is 0 Å². The van der Waals surface area contributed by atoms with Gasteiger partial charge in [0, 0.05) is 6.54 Å². The number of aromatic nitrogens is 1. The van der Waals surface area contributed by atoms with Crippen molar-refractivity contribution < 1.29 is 8.42 Å². The molecule has 0 fully saturated rings. The van der Waals surface area contributed by atoms with Crippen molar-refractivity contribution in [2.45, 2.75) is 30.9 Å². The van der Waals surface area contributed by atoms with Crippen molar-refractivity contribution in [1.82, 2.24) is 4.98 Å². The summed E-state index contributed by atoms with van der Waals surface area (Å²) in [6.45, 7) is 6.18. The lowest BCUT2D eigenvalue weighted by atomic mass is 10.3. The first-order valence-corrected chi connectivity index (χ1v) is 8.19. The Kier molecular flexibility index (Phi) is 3.59. The molecule has 0 bridgehead atoms. The van der Waals surface area contributed by atoms with E-state index < -0.39 is 15.1 Å². The number of hydrogen-bond acceptors (Lipinski definition) is 5. The van der Waals surface area contributed by atoms with Crippen LogP contribution in [0.3, 0.4) is 0 Å². The second-order valence-corrected chi connectivity index (χ2v) is 7.81. The fourth-order valence-electron chi connectivity index (χ4n) is 1.58. The van der Waals surface area contributed by atoms with Crippen LogP contribution in [0.2, 0.25) is 0 Å². The maximum absolute atomic E-state index is 12.1. The van der Waals surface area contributed by atoms with Gasteiger partial charge in [-0.3, -0.25) is 0 Å². The molecule has 0 aliphatic heterocycles. The van der Waals surface area contributed by atoms with Gasteiger partial charge < -0.3 is 5.32 Å². The van der Waals surface area contributed by atoms with E-state index in [0.717, 1.165) is 21.9 Å². The molecule has 0 unspecified atom stereocenters. The van der Waals surface area contributed by atoms with Crippen molar-refractivity contribution >= 4 is 36.5 Å². The molecule has 0 radical (unpaired) electrons. The molecule has 0 spiro atoms. The quantitative estimate of drug-likeness (QED) is 0.938. The normalized spacial score (nSPS) is 12.2. The van der Waals surface area contributed by atoms with Crippen LogP contribution in [-0.2, 0) is 9.84 Å². The summed E-state index contributed by atoms with van der Waals surface area (Å²) in [6.07, 6.45) is 0. The molecule has 4 nitrogen and oxygen atoms in total. The number of sulfone groups is 1. The fourth-order valence-corrected chi connectivity index (χ4v) is 3.71. The summed E-state index contributed by atoms with van der Waals surface area (Å²) < 4.78 is 25.0. The first-order valence-electron chi connectivity index (χ1n) is 5.83.